The van der Waals surface area contributed by atoms with Gasteiger partial charge in [-0.25, -0.2) is 4.98 Å². The largest absolute Gasteiger partial charge is 0.336 e. The third-order valence-electron chi connectivity index (χ3n) is 1.81. The fourth-order valence-electron chi connectivity index (χ4n) is 1.14. The Morgan fingerprint density at radius 2 is 2.15 bits per heavy atom. The van der Waals surface area contributed by atoms with Crippen LogP contribution in [0.3, 0.4) is 0 Å². The molecule has 0 aliphatic heterocycles. The van der Waals surface area contributed by atoms with Crippen molar-refractivity contribution in [2.75, 3.05) is 0 Å². The Labute approximate surface area is 78.8 Å². The molecule has 2 rings (SSSR count). The third kappa shape index (κ3) is 1.47. The molecule has 0 bridgehead atoms. The van der Waals surface area contributed by atoms with Crippen LogP contribution in [0.1, 0.15) is 5.69 Å². The van der Waals surface area contributed by atoms with Crippen molar-refractivity contribution in [3.63, 3.8) is 0 Å². The van der Waals surface area contributed by atoms with Gasteiger partial charge < -0.3 is 10.1 Å². The average Bonchev–Trinajstić information content (AvgIpc) is 2.45. The van der Waals surface area contributed by atoms with Gasteiger partial charge in [0.15, 0.2) is 0 Å². The van der Waals surface area contributed by atoms with Crippen molar-refractivity contribution in [2.24, 2.45) is 5.73 Å². The number of fused-ring (bicyclic) bond motifs is 1. The number of hydrogen-bond donors (Lipinski definition) is 1. The summed E-state index contributed by atoms with van der Waals surface area (Å²) >= 11 is 0. The topological polar surface area (TPSA) is 43.3 Å². The van der Waals surface area contributed by atoms with Gasteiger partial charge in [-0.05, 0) is 17.5 Å². The molecule has 2 N–H and O–H groups in total. The van der Waals surface area contributed by atoms with Crippen molar-refractivity contribution in [3.05, 3.63) is 36.3 Å². The predicted octanol–water partition coefficient (Wildman–Crippen LogP) is -0.260. The second kappa shape index (κ2) is 2.64. The van der Waals surface area contributed by atoms with Crippen LogP contribution in [0.2, 0.25) is 0 Å². The van der Waals surface area contributed by atoms with Gasteiger partial charge in [0.25, 0.3) is 0 Å². The average molecular weight is 167 g/mol. The van der Waals surface area contributed by atoms with Crippen molar-refractivity contribution in [1.82, 2.24) is 9.38 Å². The maximum Gasteiger partial charge on any atom is 0.136 e. The highest BCUT2D eigenvalue weighted by molar-refractivity contribution is 6.39. The van der Waals surface area contributed by atoms with Crippen LogP contribution in [0.15, 0.2) is 30.6 Å². The van der Waals surface area contributed by atoms with Crippen molar-refractivity contribution in [2.45, 2.75) is 5.34 Å². The van der Waals surface area contributed by atoms with Gasteiger partial charge in [0.1, 0.15) is 5.65 Å². The first-order valence-electron chi connectivity index (χ1n) is 3.88. The number of pyridine rings is 1. The lowest BCUT2D eigenvalue weighted by molar-refractivity contribution is 0.874. The van der Waals surface area contributed by atoms with Crippen LogP contribution in [0, 0.1) is 0 Å². The van der Waals surface area contributed by atoms with Gasteiger partial charge in [0, 0.05) is 12.4 Å². The number of aromatic nitrogens is 2. The number of rotatable bonds is 1. The van der Waals surface area contributed by atoms with E-state index in [-0.39, 0.29) is 0 Å². The van der Waals surface area contributed by atoms with Crippen LogP contribution in [0.25, 0.3) is 5.65 Å². The minimum Gasteiger partial charge on any atom is -0.336 e. The standard InChI is InChI=1S/C8H7B2N3/c9-8(10,11)6-5-13-4-2-1-3-7(13)12-6/h1-5H,11H2. The van der Waals surface area contributed by atoms with Gasteiger partial charge in [0.05, 0.1) is 21.4 Å². The molecule has 0 atom stereocenters. The Bertz CT molecular complexity index is 397. The Morgan fingerprint density at radius 3 is 2.77 bits per heavy atom. The molecule has 60 valence electrons. The molecule has 4 radical (unpaired) electrons. The predicted molar refractivity (Wildman–Crippen MR) is 52.6 cm³/mol. The summed E-state index contributed by atoms with van der Waals surface area (Å²) < 4.78 is 1.82. The molecule has 2 aromatic rings. The first-order chi connectivity index (χ1) is 6.07. The lowest BCUT2D eigenvalue weighted by Gasteiger charge is -2.15. The molecule has 13 heavy (non-hydrogen) atoms. The van der Waals surface area contributed by atoms with Gasteiger partial charge in [-0.2, -0.15) is 0 Å². The highest BCUT2D eigenvalue weighted by atomic mass is 15.0. The van der Waals surface area contributed by atoms with E-state index in [0.717, 1.165) is 5.65 Å². The highest BCUT2D eigenvalue weighted by Gasteiger charge is 2.16. The summed E-state index contributed by atoms with van der Waals surface area (Å²) in [6.45, 7) is 0. The summed E-state index contributed by atoms with van der Waals surface area (Å²) in [7, 11) is 11.0. The monoisotopic (exact) mass is 167 g/mol. The summed E-state index contributed by atoms with van der Waals surface area (Å²) in [5, 5.41) is -1.37. The first kappa shape index (κ1) is 8.38. The molecule has 0 saturated heterocycles. The molecular formula is C8H7B2N3. The highest BCUT2D eigenvalue weighted by Crippen LogP contribution is 2.11. The lowest BCUT2D eigenvalue weighted by atomic mass is 9.61. The summed E-state index contributed by atoms with van der Waals surface area (Å²) in [6, 6.07) is 5.64. The smallest absolute Gasteiger partial charge is 0.136 e. The minimum atomic E-state index is -1.37. The molecule has 0 saturated carbocycles. The maximum absolute atomic E-state index is 5.50. The molecular weight excluding hydrogens is 160 g/mol. The van der Waals surface area contributed by atoms with E-state index in [1.165, 1.54) is 0 Å². The Hall–Kier alpha value is -1.22. The van der Waals surface area contributed by atoms with Gasteiger partial charge in [0.2, 0.25) is 0 Å². The van der Waals surface area contributed by atoms with E-state index in [1.807, 2.05) is 28.8 Å². The SMILES string of the molecule is [B]C([B])(N)c1cn2ccccc2n1. The molecule has 2 aromatic heterocycles. The number of imidazole rings is 1. The van der Waals surface area contributed by atoms with Crippen LogP contribution < -0.4 is 5.73 Å². The Morgan fingerprint density at radius 1 is 1.38 bits per heavy atom. The van der Waals surface area contributed by atoms with Crippen molar-refractivity contribution in [1.29, 1.82) is 0 Å². The summed E-state index contributed by atoms with van der Waals surface area (Å²) in [6.07, 6.45) is 3.58. The molecule has 0 spiro atoms. The van der Waals surface area contributed by atoms with Crippen molar-refractivity contribution < 1.29 is 0 Å². The molecule has 0 fully saturated rings. The van der Waals surface area contributed by atoms with Crippen LogP contribution in [0.4, 0.5) is 0 Å². The second-order valence-corrected chi connectivity index (χ2v) is 3.03. The first-order valence-corrected chi connectivity index (χ1v) is 3.88. The zero-order valence-electron chi connectivity index (χ0n) is 7.01. The van der Waals surface area contributed by atoms with E-state index in [4.69, 9.17) is 21.4 Å². The van der Waals surface area contributed by atoms with E-state index < -0.39 is 5.34 Å². The molecule has 2 heterocycles. The van der Waals surface area contributed by atoms with E-state index in [0.29, 0.717) is 5.69 Å². The van der Waals surface area contributed by atoms with Crippen molar-refractivity contribution in [3.8, 4) is 0 Å². The third-order valence-corrected chi connectivity index (χ3v) is 1.81. The number of nitrogens with two attached hydrogens (primary N) is 1. The number of hydrogen-bond acceptors (Lipinski definition) is 2. The lowest BCUT2D eigenvalue weighted by Crippen LogP contribution is -2.37. The second-order valence-electron chi connectivity index (χ2n) is 3.03. The van der Waals surface area contributed by atoms with Crippen molar-refractivity contribution >= 4 is 21.3 Å². The van der Waals surface area contributed by atoms with E-state index >= 15 is 0 Å². The van der Waals surface area contributed by atoms with Crippen LogP contribution in [0.5, 0.6) is 0 Å². The van der Waals surface area contributed by atoms with E-state index in [1.54, 1.807) is 6.20 Å². The Kier molecular flexibility index (Phi) is 1.70. The fourth-order valence-corrected chi connectivity index (χ4v) is 1.14. The van der Waals surface area contributed by atoms with Crippen LogP contribution in [-0.2, 0) is 5.34 Å². The molecule has 0 aliphatic rings. The van der Waals surface area contributed by atoms with E-state index in [2.05, 4.69) is 4.98 Å². The molecule has 0 aromatic carbocycles. The molecule has 0 aliphatic carbocycles. The minimum absolute atomic E-state index is 0.471. The van der Waals surface area contributed by atoms with Gasteiger partial charge in [-0.15, -0.1) is 0 Å². The molecule has 3 nitrogen and oxygen atoms in total. The number of nitrogens with zero attached hydrogens (tertiary/aromatic N) is 2. The quantitative estimate of drug-likeness (QED) is 0.594. The van der Waals surface area contributed by atoms with Crippen LogP contribution >= 0.6 is 0 Å². The summed E-state index contributed by atoms with van der Waals surface area (Å²) in [5.41, 5.74) is 6.75. The molecule has 5 heteroatoms. The van der Waals surface area contributed by atoms with Gasteiger partial charge in [-0.3, -0.25) is 0 Å². The summed E-state index contributed by atoms with van der Waals surface area (Å²) in [5.74, 6) is 0. The summed E-state index contributed by atoms with van der Waals surface area (Å²) in [4.78, 5) is 4.17. The van der Waals surface area contributed by atoms with Gasteiger partial charge in [-0.1, -0.05) is 6.07 Å². The van der Waals surface area contributed by atoms with E-state index in [9.17, 15) is 0 Å². The zero-order chi connectivity index (χ0) is 9.47. The zero-order valence-corrected chi connectivity index (χ0v) is 7.01. The maximum atomic E-state index is 5.50. The molecule has 0 unspecified atom stereocenters. The van der Waals surface area contributed by atoms with Gasteiger partial charge >= 0.3 is 0 Å². The fraction of sp³-hybridized carbons (Fsp3) is 0.125. The molecule has 0 amide bonds. The Balaban J connectivity index is 2.63. The normalized spacial score (nSPS) is 12.1. The van der Waals surface area contributed by atoms with Crippen LogP contribution in [-0.4, -0.2) is 25.1 Å².